The lowest BCUT2D eigenvalue weighted by atomic mass is 9.33. The van der Waals surface area contributed by atoms with E-state index in [0.717, 1.165) is 23.2 Å². The third-order valence-corrected chi connectivity index (χ3v) is 23.3. The minimum Gasteiger partial charge on any atom is -0.365 e. The monoisotopic (exact) mass is 1210 g/mol. The van der Waals surface area contributed by atoms with Crippen molar-refractivity contribution in [2.45, 2.75) is 44.2 Å². The molecule has 0 N–H and O–H groups in total. The van der Waals surface area contributed by atoms with Crippen LogP contribution < -0.4 is 31.1 Å². The molecule has 2 saturated heterocycles. The van der Waals surface area contributed by atoms with Gasteiger partial charge in [0.1, 0.15) is 0 Å². The summed E-state index contributed by atoms with van der Waals surface area (Å²) in [6.07, 6.45) is 6.54. The second-order valence-corrected chi connectivity index (χ2v) is 28.2. The highest BCUT2D eigenvalue weighted by Gasteiger charge is 2.49. The van der Waals surface area contributed by atoms with Gasteiger partial charge in [-0.25, -0.2) is 0 Å². The van der Waals surface area contributed by atoms with Gasteiger partial charge in [-0.2, -0.15) is 0 Å². The molecule has 0 atom stereocenters. The standard InChI is InChI=1S/C91H62BN3/c1-3-13-56(14-4-1)58-29-37-66(38-30-58)94-81-43-35-64(71-41-33-62-21-9-25-75-73-23-7-17-60-19-11-27-77(85(60)73)89(71)87(62)75)50-79(81)92-80-51-65(72-42-34-63-22-10-26-76-74-24-8-18-61-20-12-28-78(86(61)74)90(72)88(63)76)36-44-82(80)95(67-39-31-59(32-40-67)57-15-5-2-6-16-57)84-53-70(52-83(94)91(84)92)93-68-46-54-45-55(48-68)49-69(93)47-54/h1-44,50-55,68-69H,45-49H2. The van der Waals surface area contributed by atoms with Gasteiger partial charge >= 0.3 is 0 Å². The third kappa shape index (κ3) is 7.48. The Bertz CT molecular complexity index is 5670. The van der Waals surface area contributed by atoms with Gasteiger partial charge in [-0.15, -0.1) is 0 Å². The number of hydrogen-bond donors (Lipinski definition) is 0. The highest BCUT2D eigenvalue weighted by atomic mass is 15.2. The van der Waals surface area contributed by atoms with Gasteiger partial charge in [-0.1, -0.05) is 243 Å². The van der Waals surface area contributed by atoms with Crippen molar-refractivity contribution in [2.24, 2.45) is 11.8 Å². The van der Waals surface area contributed by atoms with Crippen molar-refractivity contribution in [3.05, 3.63) is 291 Å². The quantitative estimate of drug-likeness (QED) is 0.0895. The highest BCUT2D eigenvalue weighted by Crippen LogP contribution is 2.55. The summed E-state index contributed by atoms with van der Waals surface area (Å²) in [6.45, 7) is -0.153. The maximum absolute atomic E-state index is 2.93. The normalized spacial score (nSPS) is 17.8. The molecule has 6 aliphatic rings. The van der Waals surface area contributed by atoms with Crippen molar-refractivity contribution < 1.29 is 0 Å². The molecule has 2 saturated carbocycles. The van der Waals surface area contributed by atoms with Crippen LogP contribution in [-0.2, 0) is 0 Å². The third-order valence-electron chi connectivity index (χ3n) is 23.3. The van der Waals surface area contributed by atoms with Gasteiger partial charge in [-0.3, -0.25) is 0 Å². The topological polar surface area (TPSA) is 9.72 Å². The smallest absolute Gasteiger partial charge is 0.252 e. The van der Waals surface area contributed by atoms with Crippen LogP contribution in [0.3, 0.4) is 0 Å². The second kappa shape index (κ2) is 19.7. The first-order valence-corrected chi connectivity index (χ1v) is 34.4. The van der Waals surface area contributed by atoms with Crippen LogP contribution in [0.25, 0.3) is 131 Å². The van der Waals surface area contributed by atoms with Crippen LogP contribution >= 0.6 is 0 Å². The zero-order chi connectivity index (χ0) is 61.7. The SMILES string of the molecule is c1ccc(-c2ccc(N3c4ccc(-c5ccc6cccc7c8cccc9cccc(c5c67)c98)cc4B4c5cc(-c6ccc7cccc8c9cccc%10cccc(c6c78)c%109)ccc5N(c5ccc(-c6ccccc6)cc5)c5cc(N6C7CC8CC(C7)CC6C8)cc3c54)cc2)cc1. The molecule has 95 heavy (non-hydrogen) atoms. The van der Waals surface area contributed by atoms with Gasteiger partial charge in [0, 0.05) is 51.9 Å². The van der Waals surface area contributed by atoms with Gasteiger partial charge in [0.2, 0.25) is 0 Å². The van der Waals surface area contributed by atoms with Crippen molar-refractivity contribution in [2.75, 3.05) is 14.7 Å². The number of anilines is 7. The van der Waals surface area contributed by atoms with Gasteiger partial charge in [0.15, 0.2) is 0 Å². The summed E-state index contributed by atoms with van der Waals surface area (Å²) >= 11 is 0. The molecule has 0 unspecified atom stereocenters. The minimum atomic E-state index is -0.153. The number of rotatable bonds is 7. The Hall–Kier alpha value is -11.2. The van der Waals surface area contributed by atoms with Crippen LogP contribution in [0.15, 0.2) is 291 Å². The molecule has 17 aromatic rings. The predicted octanol–water partition coefficient (Wildman–Crippen LogP) is 22.3. The number of nitrogens with zero attached hydrogens (tertiary/aromatic N) is 3. The van der Waals surface area contributed by atoms with Crippen molar-refractivity contribution in [3.63, 3.8) is 0 Å². The molecule has 4 aliphatic heterocycles. The van der Waals surface area contributed by atoms with Crippen LogP contribution in [0.2, 0.25) is 0 Å². The summed E-state index contributed by atoms with van der Waals surface area (Å²) in [4.78, 5) is 8.27. The largest absolute Gasteiger partial charge is 0.365 e. The molecule has 4 bridgehead atoms. The Morgan fingerprint density at radius 3 is 1.04 bits per heavy atom. The Balaban J connectivity index is 0.848. The first kappa shape index (κ1) is 52.3. The Labute approximate surface area is 552 Å². The first-order valence-electron chi connectivity index (χ1n) is 34.4. The molecule has 23 rings (SSSR count). The predicted molar refractivity (Wildman–Crippen MR) is 405 cm³/mol. The molecule has 444 valence electrons. The minimum absolute atomic E-state index is 0.153. The lowest BCUT2D eigenvalue weighted by Gasteiger charge is -2.58. The first-order chi connectivity index (χ1) is 47.1. The zero-order valence-electron chi connectivity index (χ0n) is 52.5. The fraction of sp³-hybridized carbons (Fsp3) is 0.0989. The van der Waals surface area contributed by atoms with Gasteiger partial charge in [0.05, 0.1) is 0 Å². The fourth-order valence-electron chi connectivity index (χ4n) is 19.6. The molecule has 4 fully saturated rings. The Kier molecular flexibility index (Phi) is 10.8. The van der Waals surface area contributed by atoms with Crippen molar-refractivity contribution >= 4 is 149 Å². The molecular formula is C91H62BN3. The number of fused-ring (bicyclic) bond motifs is 8. The molecule has 0 radical (unpaired) electrons. The number of piperidine rings is 2. The lowest BCUT2D eigenvalue weighted by molar-refractivity contribution is 0.0900. The average Bonchev–Trinajstić information content (AvgIpc) is 0.703. The van der Waals surface area contributed by atoms with Crippen LogP contribution in [0, 0.1) is 11.8 Å². The molecular weight excluding hydrogens is 1150 g/mol. The van der Waals surface area contributed by atoms with E-state index in [1.807, 2.05) is 0 Å². The van der Waals surface area contributed by atoms with E-state index in [4.69, 9.17) is 0 Å². The zero-order valence-corrected chi connectivity index (χ0v) is 52.5. The highest BCUT2D eigenvalue weighted by molar-refractivity contribution is 7.00. The molecule has 0 amide bonds. The summed E-state index contributed by atoms with van der Waals surface area (Å²) < 4.78 is 0. The van der Waals surface area contributed by atoms with E-state index in [-0.39, 0.29) is 6.71 Å². The average molecular weight is 1210 g/mol. The van der Waals surface area contributed by atoms with E-state index in [1.54, 1.807) is 0 Å². The maximum atomic E-state index is 2.93. The molecule has 3 nitrogen and oxygen atoms in total. The number of benzene rings is 17. The van der Waals surface area contributed by atoms with E-state index in [0.29, 0.717) is 12.1 Å². The molecule has 4 heterocycles. The van der Waals surface area contributed by atoms with Crippen molar-refractivity contribution in [3.8, 4) is 44.5 Å². The maximum Gasteiger partial charge on any atom is 0.252 e. The second-order valence-electron chi connectivity index (χ2n) is 28.2. The van der Waals surface area contributed by atoms with E-state index in [1.165, 1.54) is 208 Å². The van der Waals surface area contributed by atoms with Crippen LogP contribution in [0.4, 0.5) is 39.8 Å². The van der Waals surface area contributed by atoms with E-state index in [9.17, 15) is 0 Å². The summed E-state index contributed by atoms with van der Waals surface area (Å²) in [5.41, 5.74) is 22.4. The molecule has 4 heteroatoms. The molecule has 0 aromatic heterocycles. The lowest BCUT2D eigenvalue weighted by Crippen LogP contribution is -2.62. The number of hydrogen-bond acceptors (Lipinski definition) is 3. The molecule has 2 aliphatic carbocycles. The van der Waals surface area contributed by atoms with Crippen molar-refractivity contribution in [1.82, 2.24) is 0 Å². The van der Waals surface area contributed by atoms with Gasteiger partial charge in [0.25, 0.3) is 6.71 Å². The van der Waals surface area contributed by atoms with Gasteiger partial charge < -0.3 is 14.7 Å². The van der Waals surface area contributed by atoms with E-state index in [2.05, 4.69) is 306 Å². The van der Waals surface area contributed by atoms with Gasteiger partial charge in [-0.05, 0) is 240 Å². The molecule has 17 aromatic carbocycles. The summed E-state index contributed by atoms with van der Waals surface area (Å²) in [7, 11) is 0. The van der Waals surface area contributed by atoms with Crippen LogP contribution in [0.1, 0.15) is 32.1 Å². The van der Waals surface area contributed by atoms with Crippen molar-refractivity contribution in [1.29, 1.82) is 0 Å². The summed E-state index contributed by atoms with van der Waals surface area (Å²) in [5.74, 6) is 1.65. The van der Waals surface area contributed by atoms with E-state index < -0.39 is 0 Å². The fourth-order valence-corrected chi connectivity index (χ4v) is 19.6. The summed E-state index contributed by atoms with van der Waals surface area (Å²) in [5, 5.41) is 20.9. The Morgan fingerprint density at radius 1 is 0.253 bits per heavy atom. The van der Waals surface area contributed by atoms with Crippen LogP contribution in [-0.4, -0.2) is 18.8 Å². The summed E-state index contributed by atoms with van der Waals surface area (Å²) in [6, 6.07) is 113. The Morgan fingerprint density at radius 2 is 0.621 bits per heavy atom. The molecule has 0 spiro atoms. The van der Waals surface area contributed by atoms with Crippen LogP contribution in [0.5, 0.6) is 0 Å². The van der Waals surface area contributed by atoms with E-state index >= 15 is 0 Å².